The van der Waals surface area contributed by atoms with Crippen LogP contribution in [0.4, 0.5) is 8.78 Å². The Morgan fingerprint density at radius 3 is 2.63 bits per heavy atom. The minimum absolute atomic E-state index is 0.0956. The number of nitrogens with zero attached hydrogens (tertiary/aromatic N) is 2. The fourth-order valence-corrected chi connectivity index (χ4v) is 4.31. The highest BCUT2D eigenvalue weighted by atomic mass is 35.5. The molecule has 1 amide bonds. The van der Waals surface area contributed by atoms with Gasteiger partial charge in [-0.2, -0.15) is 0 Å². The maximum Gasteiger partial charge on any atom is 0.263 e. The Hall–Kier alpha value is -2.22. The van der Waals surface area contributed by atoms with Gasteiger partial charge in [-0.1, -0.05) is 29.8 Å². The van der Waals surface area contributed by atoms with Gasteiger partial charge in [0.2, 0.25) is 0 Å². The van der Waals surface area contributed by atoms with Crippen molar-refractivity contribution >= 4 is 17.5 Å². The molecule has 2 saturated heterocycles. The number of aromatic hydroxyl groups is 1. The third kappa shape index (κ3) is 4.43. The summed E-state index contributed by atoms with van der Waals surface area (Å²) in [7, 11) is 0. The molecule has 3 unspecified atom stereocenters. The molecule has 2 fully saturated rings. The molecule has 8 heteroatoms. The molecule has 2 aliphatic heterocycles. The molecule has 2 aromatic carbocycles. The summed E-state index contributed by atoms with van der Waals surface area (Å²) in [5.74, 6) is -1.84. The molecule has 0 aliphatic carbocycles. The van der Waals surface area contributed by atoms with Crippen LogP contribution in [0.25, 0.3) is 0 Å². The van der Waals surface area contributed by atoms with Gasteiger partial charge in [-0.25, -0.2) is 13.8 Å². The van der Waals surface area contributed by atoms with Crippen molar-refractivity contribution in [1.82, 2.24) is 9.96 Å². The van der Waals surface area contributed by atoms with Crippen LogP contribution in [-0.2, 0) is 16.2 Å². The molecule has 2 aromatic rings. The molecular weight excluding hydrogens is 414 g/mol. The van der Waals surface area contributed by atoms with Gasteiger partial charge in [0.05, 0.1) is 19.2 Å². The molecule has 0 saturated carbocycles. The smallest absolute Gasteiger partial charge is 0.263 e. The van der Waals surface area contributed by atoms with Gasteiger partial charge < -0.3 is 5.11 Å². The number of rotatable bonds is 4. The van der Waals surface area contributed by atoms with E-state index in [1.165, 1.54) is 17.2 Å². The highest BCUT2D eigenvalue weighted by molar-refractivity contribution is 6.30. The second-order valence-electron chi connectivity index (χ2n) is 7.76. The van der Waals surface area contributed by atoms with Crippen LogP contribution in [0.15, 0.2) is 42.5 Å². The molecule has 0 bridgehead atoms. The number of hydrogen-bond donors (Lipinski definition) is 1. The largest absolute Gasteiger partial charge is 0.505 e. The Kier molecular flexibility index (Phi) is 6.22. The first-order valence-electron chi connectivity index (χ1n) is 9.97. The molecule has 160 valence electrons. The number of halogens is 3. The first-order valence-corrected chi connectivity index (χ1v) is 10.4. The van der Waals surface area contributed by atoms with Crippen LogP contribution < -0.4 is 0 Å². The summed E-state index contributed by atoms with van der Waals surface area (Å²) in [5.41, 5.74) is 1.42. The standard InChI is InChI=1S/C22H23ClF2N2O3/c23-16-4-1-14(2-5-16)12-27-22(29)20(8-10-30-27)26-9-7-17(19(25)13-26)15-3-6-21(28)18(24)11-15/h1-6,11,17,19-20,28H,7-10,12-13H2. The summed E-state index contributed by atoms with van der Waals surface area (Å²) in [6.45, 7) is 1.30. The second-order valence-corrected chi connectivity index (χ2v) is 8.19. The third-order valence-electron chi connectivity index (χ3n) is 5.82. The molecule has 5 nitrogen and oxygen atoms in total. The van der Waals surface area contributed by atoms with Crippen molar-refractivity contribution in [2.45, 2.75) is 37.5 Å². The van der Waals surface area contributed by atoms with Gasteiger partial charge >= 0.3 is 0 Å². The van der Waals surface area contributed by atoms with E-state index >= 15 is 0 Å². The zero-order valence-electron chi connectivity index (χ0n) is 16.3. The third-order valence-corrected chi connectivity index (χ3v) is 6.07. The minimum Gasteiger partial charge on any atom is -0.505 e. The highest BCUT2D eigenvalue weighted by Gasteiger charge is 2.39. The predicted molar refractivity (Wildman–Crippen MR) is 108 cm³/mol. The topological polar surface area (TPSA) is 53.0 Å². The van der Waals surface area contributed by atoms with Crippen LogP contribution in [0, 0.1) is 5.82 Å². The van der Waals surface area contributed by atoms with Crippen LogP contribution in [-0.4, -0.2) is 52.9 Å². The lowest BCUT2D eigenvalue weighted by molar-refractivity contribution is -0.212. The van der Waals surface area contributed by atoms with E-state index in [9.17, 15) is 18.7 Å². The maximum atomic E-state index is 15.0. The number of alkyl halides is 1. The van der Waals surface area contributed by atoms with Crippen LogP contribution in [0.2, 0.25) is 5.02 Å². The molecule has 1 N–H and O–H groups in total. The summed E-state index contributed by atoms with van der Waals surface area (Å²) in [6.07, 6.45) is -0.267. The van der Waals surface area contributed by atoms with Crippen molar-refractivity contribution in [3.63, 3.8) is 0 Å². The van der Waals surface area contributed by atoms with E-state index in [4.69, 9.17) is 16.4 Å². The predicted octanol–water partition coefficient (Wildman–Crippen LogP) is 4.04. The first-order chi connectivity index (χ1) is 14.4. The molecular formula is C22H23ClF2N2O3. The maximum absolute atomic E-state index is 15.0. The fourth-order valence-electron chi connectivity index (χ4n) is 4.19. The van der Waals surface area contributed by atoms with E-state index in [1.54, 1.807) is 18.2 Å². The van der Waals surface area contributed by atoms with Crippen molar-refractivity contribution in [3.8, 4) is 5.75 Å². The van der Waals surface area contributed by atoms with Crippen LogP contribution in [0.3, 0.4) is 0 Å². The van der Waals surface area contributed by atoms with E-state index in [1.807, 2.05) is 17.0 Å². The van der Waals surface area contributed by atoms with Gasteiger partial charge in [0.25, 0.3) is 5.91 Å². The van der Waals surface area contributed by atoms with Crippen molar-refractivity contribution in [3.05, 3.63) is 64.4 Å². The van der Waals surface area contributed by atoms with E-state index < -0.39 is 29.7 Å². The molecule has 2 aliphatic rings. The van der Waals surface area contributed by atoms with E-state index in [0.29, 0.717) is 43.1 Å². The molecule has 4 rings (SSSR count). The molecule has 3 atom stereocenters. The Balaban J connectivity index is 1.41. The van der Waals surface area contributed by atoms with Gasteiger partial charge in [0.15, 0.2) is 11.6 Å². The number of piperidine rings is 1. The minimum atomic E-state index is -1.23. The normalized spacial score (nSPS) is 25.5. The number of benzene rings is 2. The van der Waals surface area contributed by atoms with Gasteiger partial charge in [-0.3, -0.25) is 14.5 Å². The van der Waals surface area contributed by atoms with Crippen molar-refractivity contribution in [2.24, 2.45) is 0 Å². The molecule has 30 heavy (non-hydrogen) atoms. The number of phenolic OH excluding ortho intramolecular Hbond substituents is 1. The van der Waals surface area contributed by atoms with Gasteiger partial charge in [0, 0.05) is 17.5 Å². The monoisotopic (exact) mass is 436 g/mol. The van der Waals surface area contributed by atoms with Crippen LogP contribution in [0.1, 0.15) is 29.9 Å². The Labute approximate surface area is 178 Å². The number of carbonyl (C=O) groups is 1. The van der Waals surface area contributed by atoms with E-state index in [-0.39, 0.29) is 12.5 Å². The van der Waals surface area contributed by atoms with Crippen molar-refractivity contribution < 1.29 is 23.5 Å². The zero-order chi connectivity index (χ0) is 21.3. The number of likely N-dealkylation sites (tertiary alicyclic amines) is 1. The number of carbonyl (C=O) groups excluding carboxylic acids is 1. The Morgan fingerprint density at radius 1 is 1.17 bits per heavy atom. The summed E-state index contributed by atoms with van der Waals surface area (Å²) in [6, 6.07) is 10.7. The Bertz CT molecular complexity index is 912. The molecule has 0 spiro atoms. The van der Waals surface area contributed by atoms with Crippen LogP contribution >= 0.6 is 11.6 Å². The Morgan fingerprint density at radius 2 is 1.93 bits per heavy atom. The van der Waals surface area contributed by atoms with Crippen molar-refractivity contribution in [1.29, 1.82) is 0 Å². The number of phenols is 1. The first kappa shape index (κ1) is 21.0. The summed E-state index contributed by atoms with van der Waals surface area (Å²) in [4.78, 5) is 20.4. The second kappa shape index (κ2) is 8.88. The molecule has 2 heterocycles. The van der Waals surface area contributed by atoms with Gasteiger partial charge in [0.1, 0.15) is 6.17 Å². The van der Waals surface area contributed by atoms with E-state index in [0.717, 1.165) is 5.56 Å². The van der Waals surface area contributed by atoms with Crippen LogP contribution in [0.5, 0.6) is 5.75 Å². The fraction of sp³-hybridized carbons (Fsp3) is 0.409. The number of hydroxylamine groups is 2. The lowest BCUT2D eigenvalue weighted by atomic mass is 9.87. The molecule has 0 radical (unpaired) electrons. The van der Waals surface area contributed by atoms with Gasteiger partial charge in [-0.05, 0) is 54.8 Å². The summed E-state index contributed by atoms with van der Waals surface area (Å²) in [5, 5.41) is 11.3. The SMILES string of the molecule is O=C1C(N2CCC(c3ccc(O)c(F)c3)C(F)C2)CCON1Cc1ccc(Cl)cc1. The quantitative estimate of drug-likeness (QED) is 0.785. The average molecular weight is 437 g/mol. The van der Waals surface area contributed by atoms with Gasteiger partial charge in [-0.15, -0.1) is 0 Å². The highest BCUT2D eigenvalue weighted by Crippen LogP contribution is 2.34. The zero-order valence-corrected chi connectivity index (χ0v) is 17.1. The van der Waals surface area contributed by atoms with E-state index in [2.05, 4.69) is 0 Å². The summed E-state index contributed by atoms with van der Waals surface area (Å²) >= 11 is 5.91. The summed E-state index contributed by atoms with van der Waals surface area (Å²) < 4.78 is 28.7. The molecule has 0 aromatic heterocycles. The number of amides is 1. The number of hydrogen-bond acceptors (Lipinski definition) is 4. The van der Waals surface area contributed by atoms with Crippen molar-refractivity contribution in [2.75, 3.05) is 19.7 Å². The average Bonchev–Trinajstić information content (AvgIpc) is 2.73. The lowest BCUT2D eigenvalue weighted by Gasteiger charge is -2.42. The lowest BCUT2D eigenvalue weighted by Crippen LogP contribution is -2.56.